The molecule has 1 atom stereocenters. The third-order valence-corrected chi connectivity index (χ3v) is 3.89. The van der Waals surface area contributed by atoms with Crippen molar-refractivity contribution in [2.24, 2.45) is 5.92 Å². The molecular formula is C17H19N5. The Bertz CT molecular complexity index is 691. The van der Waals surface area contributed by atoms with Gasteiger partial charge in [0.25, 0.3) is 0 Å². The van der Waals surface area contributed by atoms with Crippen molar-refractivity contribution >= 4 is 17.5 Å². The van der Waals surface area contributed by atoms with Crippen molar-refractivity contribution in [2.75, 3.05) is 23.3 Å². The van der Waals surface area contributed by atoms with Crippen LogP contribution < -0.4 is 10.2 Å². The van der Waals surface area contributed by atoms with E-state index in [-0.39, 0.29) is 0 Å². The van der Waals surface area contributed by atoms with Gasteiger partial charge in [0.1, 0.15) is 11.9 Å². The van der Waals surface area contributed by atoms with Crippen molar-refractivity contribution < 1.29 is 0 Å². The molecule has 5 nitrogen and oxygen atoms in total. The number of nitrogens with one attached hydrogen (secondary N) is 1. The van der Waals surface area contributed by atoms with Crippen LogP contribution >= 0.6 is 0 Å². The molecule has 112 valence electrons. The molecule has 1 aliphatic rings. The van der Waals surface area contributed by atoms with Gasteiger partial charge in [0.2, 0.25) is 5.95 Å². The second kappa shape index (κ2) is 6.44. The third-order valence-electron chi connectivity index (χ3n) is 3.89. The summed E-state index contributed by atoms with van der Waals surface area (Å²) in [7, 11) is 0. The molecule has 1 aliphatic heterocycles. The summed E-state index contributed by atoms with van der Waals surface area (Å²) in [6.45, 7) is 4.26. The van der Waals surface area contributed by atoms with Crippen LogP contribution in [0.2, 0.25) is 0 Å². The number of hydrogen-bond acceptors (Lipinski definition) is 5. The molecular weight excluding hydrogens is 274 g/mol. The van der Waals surface area contributed by atoms with Gasteiger partial charge in [-0.1, -0.05) is 19.1 Å². The minimum absolute atomic E-state index is 0.606. The van der Waals surface area contributed by atoms with E-state index in [0.717, 1.165) is 24.7 Å². The maximum absolute atomic E-state index is 9.15. The largest absolute Gasteiger partial charge is 0.341 e. The van der Waals surface area contributed by atoms with E-state index in [0.29, 0.717) is 17.3 Å². The van der Waals surface area contributed by atoms with E-state index in [9.17, 15) is 0 Å². The van der Waals surface area contributed by atoms with E-state index in [2.05, 4.69) is 33.2 Å². The highest BCUT2D eigenvalue weighted by Crippen LogP contribution is 2.23. The first-order valence-electron chi connectivity index (χ1n) is 7.60. The Morgan fingerprint density at radius 2 is 2.18 bits per heavy atom. The molecule has 3 rings (SSSR count). The summed E-state index contributed by atoms with van der Waals surface area (Å²) < 4.78 is 0. The van der Waals surface area contributed by atoms with Crippen LogP contribution in [-0.2, 0) is 0 Å². The summed E-state index contributed by atoms with van der Waals surface area (Å²) in [4.78, 5) is 11.2. The molecule has 0 radical (unpaired) electrons. The second-order valence-corrected chi connectivity index (χ2v) is 5.72. The van der Waals surface area contributed by atoms with Crippen LogP contribution in [0, 0.1) is 17.2 Å². The predicted molar refractivity (Wildman–Crippen MR) is 87.1 cm³/mol. The first kappa shape index (κ1) is 14.3. The predicted octanol–water partition coefficient (Wildman–Crippen LogP) is 3.33. The van der Waals surface area contributed by atoms with E-state index < -0.39 is 0 Å². The van der Waals surface area contributed by atoms with E-state index in [1.54, 1.807) is 12.3 Å². The van der Waals surface area contributed by atoms with E-state index in [4.69, 9.17) is 5.26 Å². The van der Waals surface area contributed by atoms with Crippen molar-refractivity contribution in [1.29, 1.82) is 5.26 Å². The Morgan fingerprint density at radius 1 is 1.32 bits per heavy atom. The smallest absolute Gasteiger partial charge is 0.227 e. The Morgan fingerprint density at radius 3 is 3.00 bits per heavy atom. The summed E-state index contributed by atoms with van der Waals surface area (Å²) in [5.41, 5.74) is 1.37. The molecule has 22 heavy (non-hydrogen) atoms. The number of nitrogens with zero attached hydrogens (tertiary/aromatic N) is 4. The molecule has 1 unspecified atom stereocenters. The molecule has 0 aliphatic carbocycles. The van der Waals surface area contributed by atoms with Gasteiger partial charge in [-0.15, -0.1) is 0 Å². The Kier molecular flexibility index (Phi) is 4.19. The molecule has 1 saturated heterocycles. The van der Waals surface area contributed by atoms with E-state index in [1.165, 1.54) is 12.8 Å². The van der Waals surface area contributed by atoms with Gasteiger partial charge < -0.3 is 10.2 Å². The highest BCUT2D eigenvalue weighted by molar-refractivity contribution is 5.64. The van der Waals surface area contributed by atoms with Crippen molar-refractivity contribution in [1.82, 2.24) is 9.97 Å². The van der Waals surface area contributed by atoms with Gasteiger partial charge in [-0.25, -0.2) is 4.98 Å². The van der Waals surface area contributed by atoms with Crippen molar-refractivity contribution in [3.05, 3.63) is 42.1 Å². The molecule has 0 bridgehead atoms. The monoisotopic (exact) mass is 293 g/mol. The number of para-hydroxylation sites is 1. The van der Waals surface area contributed by atoms with Gasteiger partial charge in [-0.3, -0.25) is 0 Å². The molecule has 1 aromatic heterocycles. The topological polar surface area (TPSA) is 64.8 Å². The van der Waals surface area contributed by atoms with E-state index in [1.807, 2.05) is 24.3 Å². The normalized spacial score (nSPS) is 17.8. The zero-order valence-corrected chi connectivity index (χ0v) is 12.7. The van der Waals surface area contributed by atoms with Crippen LogP contribution in [0.5, 0.6) is 0 Å². The second-order valence-electron chi connectivity index (χ2n) is 5.72. The standard InChI is InChI=1S/C17H19N5/c1-13-5-4-10-22(12-13)17-19-9-8-16(21-17)20-15-7-3-2-6-14(15)11-18/h2-3,6-9,13H,4-5,10,12H2,1H3,(H,19,20,21). The maximum Gasteiger partial charge on any atom is 0.227 e. The van der Waals surface area contributed by atoms with Crippen LogP contribution in [-0.4, -0.2) is 23.1 Å². The molecule has 0 spiro atoms. The molecule has 2 aromatic rings. The number of piperidine rings is 1. The average molecular weight is 293 g/mol. The SMILES string of the molecule is CC1CCCN(c2nccc(Nc3ccccc3C#N)n2)C1. The summed E-state index contributed by atoms with van der Waals surface area (Å²) in [5, 5.41) is 12.4. The summed E-state index contributed by atoms with van der Waals surface area (Å²) in [6, 6.07) is 11.4. The number of anilines is 3. The fourth-order valence-corrected chi connectivity index (χ4v) is 2.77. The van der Waals surface area contributed by atoms with Crippen molar-refractivity contribution in [3.8, 4) is 6.07 Å². The minimum atomic E-state index is 0.606. The summed E-state index contributed by atoms with van der Waals surface area (Å²) in [6.07, 6.45) is 4.21. The highest BCUT2D eigenvalue weighted by Gasteiger charge is 2.18. The molecule has 1 N–H and O–H groups in total. The van der Waals surface area contributed by atoms with Crippen molar-refractivity contribution in [2.45, 2.75) is 19.8 Å². The molecule has 2 heterocycles. The quantitative estimate of drug-likeness (QED) is 0.940. The van der Waals surface area contributed by atoms with Crippen LogP contribution in [0.3, 0.4) is 0 Å². The molecule has 0 amide bonds. The van der Waals surface area contributed by atoms with Crippen LogP contribution in [0.4, 0.5) is 17.5 Å². The molecule has 1 aromatic carbocycles. The number of hydrogen-bond donors (Lipinski definition) is 1. The lowest BCUT2D eigenvalue weighted by Crippen LogP contribution is -2.35. The fourth-order valence-electron chi connectivity index (χ4n) is 2.77. The zero-order chi connectivity index (χ0) is 15.4. The zero-order valence-electron chi connectivity index (χ0n) is 12.7. The lowest BCUT2D eigenvalue weighted by molar-refractivity contribution is 0.442. The fraction of sp³-hybridized carbons (Fsp3) is 0.353. The minimum Gasteiger partial charge on any atom is -0.341 e. The van der Waals surface area contributed by atoms with Gasteiger partial charge in [-0.2, -0.15) is 10.2 Å². The highest BCUT2D eigenvalue weighted by atomic mass is 15.3. The number of rotatable bonds is 3. The number of nitriles is 1. The van der Waals surface area contributed by atoms with Crippen LogP contribution in [0.1, 0.15) is 25.3 Å². The molecule has 0 saturated carbocycles. The van der Waals surface area contributed by atoms with Crippen LogP contribution in [0.15, 0.2) is 36.5 Å². The Balaban J connectivity index is 1.81. The first-order valence-corrected chi connectivity index (χ1v) is 7.60. The van der Waals surface area contributed by atoms with Gasteiger partial charge in [0, 0.05) is 19.3 Å². The lowest BCUT2D eigenvalue weighted by Gasteiger charge is -2.30. The van der Waals surface area contributed by atoms with Gasteiger partial charge in [0.05, 0.1) is 11.3 Å². The summed E-state index contributed by atoms with van der Waals surface area (Å²) >= 11 is 0. The Labute approximate surface area is 130 Å². The van der Waals surface area contributed by atoms with Gasteiger partial charge in [-0.05, 0) is 37.0 Å². The first-order chi connectivity index (χ1) is 10.8. The lowest BCUT2D eigenvalue weighted by atomic mass is 10.0. The number of aromatic nitrogens is 2. The molecule has 1 fully saturated rings. The molecule has 5 heteroatoms. The van der Waals surface area contributed by atoms with E-state index >= 15 is 0 Å². The maximum atomic E-state index is 9.15. The van der Waals surface area contributed by atoms with Gasteiger partial charge >= 0.3 is 0 Å². The average Bonchev–Trinajstić information content (AvgIpc) is 2.56. The summed E-state index contributed by atoms with van der Waals surface area (Å²) in [5.74, 6) is 2.14. The van der Waals surface area contributed by atoms with Gasteiger partial charge in [0.15, 0.2) is 0 Å². The number of benzene rings is 1. The Hall–Kier alpha value is -2.61. The third kappa shape index (κ3) is 3.17. The van der Waals surface area contributed by atoms with Crippen LogP contribution in [0.25, 0.3) is 0 Å². The van der Waals surface area contributed by atoms with Crippen molar-refractivity contribution in [3.63, 3.8) is 0 Å².